The van der Waals surface area contributed by atoms with Crippen LogP contribution in [-0.4, -0.2) is 27.2 Å². The van der Waals surface area contributed by atoms with Crippen LogP contribution in [0.4, 0.5) is 0 Å². The highest BCUT2D eigenvalue weighted by Crippen LogP contribution is 2.24. The van der Waals surface area contributed by atoms with E-state index < -0.39 is 0 Å². The number of amides is 1. The first-order valence-corrected chi connectivity index (χ1v) is 9.31. The summed E-state index contributed by atoms with van der Waals surface area (Å²) in [5.41, 5.74) is 3.01. The van der Waals surface area contributed by atoms with Gasteiger partial charge in [-0.25, -0.2) is 0 Å². The molecule has 2 aromatic carbocycles. The zero-order valence-electron chi connectivity index (χ0n) is 15.9. The first-order chi connectivity index (χ1) is 13.6. The minimum Gasteiger partial charge on any atom is -0.421 e. The van der Waals surface area contributed by atoms with Gasteiger partial charge in [-0.3, -0.25) is 4.79 Å². The van der Waals surface area contributed by atoms with Crippen molar-refractivity contribution in [1.29, 1.82) is 0 Å². The van der Waals surface area contributed by atoms with E-state index in [1.807, 2.05) is 53.2 Å². The molecule has 142 valence electrons. The van der Waals surface area contributed by atoms with Gasteiger partial charge in [0.15, 0.2) is 0 Å². The number of hydrogen-bond donors (Lipinski definition) is 1. The molecule has 0 saturated carbocycles. The number of nitrogens with one attached hydrogen (secondary N) is 1. The van der Waals surface area contributed by atoms with Gasteiger partial charge in [-0.05, 0) is 35.1 Å². The molecule has 1 atom stereocenters. The maximum absolute atomic E-state index is 12.5. The molecule has 6 heteroatoms. The van der Waals surface area contributed by atoms with Gasteiger partial charge in [0.05, 0.1) is 0 Å². The zero-order chi connectivity index (χ0) is 19.5. The lowest BCUT2D eigenvalue weighted by molar-refractivity contribution is -0.121. The summed E-state index contributed by atoms with van der Waals surface area (Å²) in [5.74, 6) is 1.25. The van der Waals surface area contributed by atoms with Crippen molar-refractivity contribution < 1.29 is 9.21 Å². The topological polar surface area (TPSA) is 73.0 Å². The zero-order valence-corrected chi connectivity index (χ0v) is 15.9. The fraction of sp³-hybridized carbons (Fsp3) is 0.227. The Balaban J connectivity index is 1.46. The molecule has 4 rings (SSSR count). The molecule has 0 aliphatic heterocycles. The molecule has 0 aliphatic carbocycles. The SMILES string of the molecule is Cc1nnc(-c2ccc3ccn(CC(=O)NC[C@@H](C)c4ccccc4)c3c2)o1. The minimum atomic E-state index is -0.0145. The number of nitrogens with zero attached hydrogens (tertiary/aromatic N) is 3. The van der Waals surface area contributed by atoms with Gasteiger partial charge in [-0.2, -0.15) is 0 Å². The van der Waals surface area contributed by atoms with E-state index in [9.17, 15) is 4.79 Å². The molecule has 0 spiro atoms. The molecule has 28 heavy (non-hydrogen) atoms. The standard InChI is InChI=1S/C22H22N4O2/c1-15(17-6-4-3-5-7-17)13-23-21(27)14-26-11-10-18-8-9-19(12-20(18)26)22-25-24-16(2)28-22/h3-12,15H,13-14H2,1-2H3,(H,23,27)/t15-/m1/s1. The Morgan fingerprint density at radius 1 is 1.14 bits per heavy atom. The molecule has 0 bridgehead atoms. The van der Waals surface area contributed by atoms with Crippen LogP contribution in [0, 0.1) is 6.92 Å². The summed E-state index contributed by atoms with van der Waals surface area (Å²) < 4.78 is 7.45. The monoisotopic (exact) mass is 374 g/mol. The second kappa shape index (κ2) is 7.68. The molecule has 2 heterocycles. The third-order valence-corrected chi connectivity index (χ3v) is 4.83. The van der Waals surface area contributed by atoms with Crippen molar-refractivity contribution >= 4 is 16.8 Å². The Bertz CT molecular complexity index is 1100. The fourth-order valence-electron chi connectivity index (χ4n) is 3.25. The molecule has 1 amide bonds. The molecule has 0 radical (unpaired) electrons. The van der Waals surface area contributed by atoms with Gasteiger partial charge < -0.3 is 14.3 Å². The summed E-state index contributed by atoms with van der Waals surface area (Å²) in [4.78, 5) is 12.5. The summed E-state index contributed by atoms with van der Waals surface area (Å²) >= 11 is 0. The maximum Gasteiger partial charge on any atom is 0.247 e. The van der Waals surface area contributed by atoms with Gasteiger partial charge in [-0.1, -0.05) is 43.3 Å². The molecule has 4 aromatic rings. The van der Waals surface area contributed by atoms with Crippen LogP contribution in [0.1, 0.15) is 24.3 Å². The first-order valence-electron chi connectivity index (χ1n) is 9.31. The average molecular weight is 374 g/mol. The third-order valence-electron chi connectivity index (χ3n) is 4.83. The molecule has 2 aromatic heterocycles. The minimum absolute atomic E-state index is 0.0145. The quantitative estimate of drug-likeness (QED) is 0.555. The number of benzene rings is 2. The molecular formula is C22H22N4O2. The molecule has 0 fully saturated rings. The Morgan fingerprint density at radius 2 is 1.96 bits per heavy atom. The molecule has 1 N–H and O–H groups in total. The van der Waals surface area contributed by atoms with Crippen molar-refractivity contribution in [2.75, 3.05) is 6.54 Å². The summed E-state index contributed by atoms with van der Waals surface area (Å²) in [6.07, 6.45) is 1.92. The molecule has 6 nitrogen and oxygen atoms in total. The van der Waals surface area contributed by atoms with Crippen molar-refractivity contribution in [3.8, 4) is 11.5 Å². The second-order valence-electron chi connectivity index (χ2n) is 6.96. The smallest absolute Gasteiger partial charge is 0.247 e. The summed E-state index contributed by atoms with van der Waals surface area (Å²) in [7, 11) is 0. The van der Waals surface area contributed by atoms with Crippen LogP contribution in [0.2, 0.25) is 0 Å². The Morgan fingerprint density at radius 3 is 2.71 bits per heavy atom. The van der Waals surface area contributed by atoms with E-state index in [1.54, 1.807) is 6.92 Å². The van der Waals surface area contributed by atoms with Gasteiger partial charge in [0.1, 0.15) is 6.54 Å². The largest absolute Gasteiger partial charge is 0.421 e. The van der Waals surface area contributed by atoms with Gasteiger partial charge in [-0.15, -0.1) is 10.2 Å². The summed E-state index contributed by atoms with van der Waals surface area (Å²) in [5, 5.41) is 12.0. The van der Waals surface area contributed by atoms with E-state index in [2.05, 4.69) is 34.6 Å². The number of aryl methyl sites for hydroxylation is 1. The lowest BCUT2D eigenvalue weighted by Crippen LogP contribution is -2.30. The van der Waals surface area contributed by atoms with E-state index >= 15 is 0 Å². The molecule has 0 saturated heterocycles. The lowest BCUT2D eigenvalue weighted by Gasteiger charge is -2.13. The van der Waals surface area contributed by atoms with Crippen molar-refractivity contribution in [1.82, 2.24) is 20.1 Å². The van der Waals surface area contributed by atoms with E-state index in [1.165, 1.54) is 5.56 Å². The second-order valence-corrected chi connectivity index (χ2v) is 6.96. The van der Waals surface area contributed by atoms with Gasteiger partial charge in [0, 0.05) is 30.7 Å². The number of carbonyl (C=O) groups excluding carboxylic acids is 1. The van der Waals surface area contributed by atoms with Crippen LogP contribution >= 0.6 is 0 Å². The predicted octanol–water partition coefficient (Wildman–Crippen LogP) is 3.92. The number of fused-ring (bicyclic) bond motifs is 1. The number of carbonyl (C=O) groups is 1. The van der Waals surface area contributed by atoms with Crippen molar-refractivity contribution in [3.05, 3.63) is 72.2 Å². The Hall–Kier alpha value is -3.41. The highest BCUT2D eigenvalue weighted by atomic mass is 16.4. The normalized spacial score (nSPS) is 12.2. The Kier molecular flexibility index (Phi) is 4.93. The van der Waals surface area contributed by atoms with E-state index in [0.717, 1.165) is 16.5 Å². The number of aromatic nitrogens is 3. The van der Waals surface area contributed by atoms with Gasteiger partial charge in [0.25, 0.3) is 0 Å². The van der Waals surface area contributed by atoms with Crippen LogP contribution in [0.5, 0.6) is 0 Å². The van der Waals surface area contributed by atoms with Crippen LogP contribution in [0.25, 0.3) is 22.4 Å². The van der Waals surface area contributed by atoms with Gasteiger partial charge >= 0.3 is 0 Å². The highest BCUT2D eigenvalue weighted by Gasteiger charge is 2.12. The third kappa shape index (κ3) is 3.81. The average Bonchev–Trinajstić information content (AvgIpc) is 3.33. The summed E-state index contributed by atoms with van der Waals surface area (Å²) in [6, 6.07) is 18.1. The van der Waals surface area contributed by atoms with Crippen LogP contribution in [0.3, 0.4) is 0 Å². The number of hydrogen-bond acceptors (Lipinski definition) is 4. The summed E-state index contributed by atoms with van der Waals surface area (Å²) in [6.45, 7) is 4.74. The maximum atomic E-state index is 12.5. The molecular weight excluding hydrogens is 352 g/mol. The Labute approximate surface area is 163 Å². The van der Waals surface area contributed by atoms with E-state index in [-0.39, 0.29) is 18.4 Å². The molecule has 0 unspecified atom stereocenters. The van der Waals surface area contributed by atoms with Crippen molar-refractivity contribution in [2.24, 2.45) is 0 Å². The van der Waals surface area contributed by atoms with Gasteiger partial charge in [0.2, 0.25) is 17.7 Å². The fourth-order valence-corrected chi connectivity index (χ4v) is 3.25. The number of rotatable bonds is 6. The highest BCUT2D eigenvalue weighted by molar-refractivity contribution is 5.86. The van der Waals surface area contributed by atoms with Crippen LogP contribution < -0.4 is 5.32 Å². The predicted molar refractivity (Wildman–Crippen MR) is 108 cm³/mol. The molecule has 0 aliphatic rings. The lowest BCUT2D eigenvalue weighted by atomic mass is 10.0. The van der Waals surface area contributed by atoms with E-state index in [4.69, 9.17) is 4.42 Å². The van der Waals surface area contributed by atoms with Crippen LogP contribution in [-0.2, 0) is 11.3 Å². The van der Waals surface area contributed by atoms with Crippen molar-refractivity contribution in [2.45, 2.75) is 26.3 Å². The first kappa shape index (κ1) is 18.0. The van der Waals surface area contributed by atoms with E-state index in [0.29, 0.717) is 18.3 Å². The van der Waals surface area contributed by atoms with Crippen LogP contribution in [0.15, 0.2) is 65.2 Å². The van der Waals surface area contributed by atoms with Crippen molar-refractivity contribution in [3.63, 3.8) is 0 Å².